The summed E-state index contributed by atoms with van der Waals surface area (Å²) in [6, 6.07) is 1.92. The molecule has 4 fully saturated rings. The molecule has 0 aliphatic carbocycles. The molecule has 2 bridgehead atoms. The summed E-state index contributed by atoms with van der Waals surface area (Å²) in [5.41, 5.74) is 0. The summed E-state index contributed by atoms with van der Waals surface area (Å²) in [5, 5.41) is 0. The van der Waals surface area contributed by atoms with Crippen molar-refractivity contribution < 1.29 is 0 Å². The Kier molecular flexibility index (Phi) is 3.89. The Bertz CT molecular complexity index is 268. The molecule has 4 saturated heterocycles. The molecule has 3 heteroatoms. The summed E-state index contributed by atoms with van der Waals surface area (Å²) >= 11 is 0. The maximum Gasteiger partial charge on any atom is 0.0136 e. The third kappa shape index (κ3) is 2.10. The molecule has 104 valence electrons. The van der Waals surface area contributed by atoms with Crippen molar-refractivity contribution in [3.8, 4) is 0 Å². The van der Waals surface area contributed by atoms with Gasteiger partial charge in [-0.05, 0) is 57.0 Å². The van der Waals surface area contributed by atoms with Crippen LogP contribution in [0.15, 0.2) is 0 Å². The Balaban J connectivity index is 0.000001000. The Hall–Kier alpha value is 0.210. The van der Waals surface area contributed by atoms with Crippen LogP contribution in [-0.4, -0.2) is 48.1 Å². The number of rotatable bonds is 0. The van der Waals surface area contributed by atoms with Crippen molar-refractivity contribution in [2.45, 2.75) is 57.0 Å². The van der Waals surface area contributed by atoms with Gasteiger partial charge in [-0.1, -0.05) is 12.8 Å². The fourth-order valence-electron chi connectivity index (χ4n) is 5.25. The number of hydrogen-bond acceptors (Lipinski definition) is 2. The molecule has 0 unspecified atom stereocenters. The van der Waals surface area contributed by atoms with E-state index in [9.17, 15) is 0 Å². The van der Waals surface area contributed by atoms with Gasteiger partial charge in [-0.25, -0.2) is 0 Å². The van der Waals surface area contributed by atoms with Gasteiger partial charge in [0.15, 0.2) is 0 Å². The normalized spacial score (nSPS) is 44.7. The zero-order valence-electron chi connectivity index (χ0n) is 11.4. The van der Waals surface area contributed by atoms with E-state index in [0.717, 1.165) is 23.9 Å². The maximum absolute atomic E-state index is 2.87. The first kappa shape index (κ1) is 13.2. The molecule has 4 aliphatic rings. The molecule has 0 radical (unpaired) electrons. The van der Waals surface area contributed by atoms with E-state index in [1.807, 2.05) is 0 Å². The van der Waals surface area contributed by atoms with Gasteiger partial charge in [-0.15, -0.1) is 12.4 Å². The van der Waals surface area contributed by atoms with Gasteiger partial charge in [0.1, 0.15) is 0 Å². The van der Waals surface area contributed by atoms with Crippen LogP contribution in [0.1, 0.15) is 44.9 Å². The van der Waals surface area contributed by atoms with E-state index in [1.165, 1.54) is 64.7 Å². The average molecular weight is 271 g/mol. The molecular weight excluding hydrogens is 244 g/mol. The largest absolute Gasteiger partial charge is 0.300 e. The summed E-state index contributed by atoms with van der Waals surface area (Å²) in [4.78, 5) is 5.74. The lowest BCUT2D eigenvalue weighted by molar-refractivity contribution is -0.0718. The van der Waals surface area contributed by atoms with Crippen LogP contribution in [-0.2, 0) is 0 Å². The van der Waals surface area contributed by atoms with Crippen LogP contribution in [0.5, 0.6) is 0 Å². The molecule has 4 rings (SSSR count). The lowest BCUT2D eigenvalue weighted by Crippen LogP contribution is -2.63. The minimum atomic E-state index is 0. The van der Waals surface area contributed by atoms with E-state index >= 15 is 0 Å². The Labute approximate surface area is 117 Å². The summed E-state index contributed by atoms with van der Waals surface area (Å²) in [6.45, 7) is 5.68. The van der Waals surface area contributed by atoms with Crippen molar-refractivity contribution in [1.29, 1.82) is 0 Å². The van der Waals surface area contributed by atoms with Gasteiger partial charge in [0.05, 0.1) is 0 Å². The van der Waals surface area contributed by atoms with Crippen molar-refractivity contribution >= 4 is 12.4 Å². The van der Waals surface area contributed by atoms with Crippen LogP contribution in [0.3, 0.4) is 0 Å². The van der Waals surface area contributed by atoms with Gasteiger partial charge in [0, 0.05) is 25.2 Å². The van der Waals surface area contributed by atoms with Crippen molar-refractivity contribution in [2.75, 3.05) is 26.2 Å². The highest BCUT2D eigenvalue weighted by molar-refractivity contribution is 5.85. The molecule has 4 heterocycles. The number of halogens is 1. The molecule has 4 atom stereocenters. The smallest absolute Gasteiger partial charge is 0.0136 e. The van der Waals surface area contributed by atoms with Crippen LogP contribution in [0.2, 0.25) is 0 Å². The highest BCUT2D eigenvalue weighted by atomic mass is 35.5. The van der Waals surface area contributed by atoms with Crippen molar-refractivity contribution in [3.63, 3.8) is 0 Å². The summed E-state index contributed by atoms with van der Waals surface area (Å²) < 4.78 is 0. The van der Waals surface area contributed by atoms with Gasteiger partial charge < -0.3 is 0 Å². The fourth-order valence-corrected chi connectivity index (χ4v) is 5.25. The van der Waals surface area contributed by atoms with E-state index in [-0.39, 0.29) is 12.4 Å². The zero-order valence-corrected chi connectivity index (χ0v) is 12.2. The predicted molar refractivity (Wildman–Crippen MR) is 77.3 cm³/mol. The van der Waals surface area contributed by atoms with Crippen molar-refractivity contribution in [1.82, 2.24) is 9.80 Å². The average Bonchev–Trinajstić information content (AvgIpc) is 2.39. The van der Waals surface area contributed by atoms with Gasteiger partial charge in [0.2, 0.25) is 0 Å². The highest BCUT2D eigenvalue weighted by Crippen LogP contribution is 2.42. The SMILES string of the molecule is C1CCN2C[C@@H]3C[C@@H](CN4CCCC[C@H]34)[C@H]2C1.Cl. The molecule has 0 aromatic carbocycles. The monoisotopic (exact) mass is 270 g/mol. The third-order valence-electron chi connectivity index (χ3n) is 5.96. The lowest BCUT2D eigenvalue weighted by atomic mass is 9.71. The molecule has 0 aromatic heterocycles. The standard InChI is InChI=1S/C15H26N2.ClH/c1-3-7-16-11-13-9-12(14(16)5-1)10-17-8-4-2-6-15(13)17;/h12-15H,1-11H2;1H/t12-,13-,14+,15+;/m0./s1. The van der Waals surface area contributed by atoms with Gasteiger partial charge >= 0.3 is 0 Å². The third-order valence-corrected chi connectivity index (χ3v) is 5.96. The molecule has 18 heavy (non-hydrogen) atoms. The Morgan fingerprint density at radius 2 is 1.17 bits per heavy atom. The molecule has 4 aliphatic heterocycles. The number of fused-ring (bicyclic) bond motifs is 6. The summed E-state index contributed by atoms with van der Waals surface area (Å²) in [5.74, 6) is 2.03. The van der Waals surface area contributed by atoms with Crippen LogP contribution >= 0.6 is 12.4 Å². The fraction of sp³-hybridized carbons (Fsp3) is 1.00. The molecule has 0 aromatic rings. The minimum absolute atomic E-state index is 0. The Morgan fingerprint density at radius 1 is 0.667 bits per heavy atom. The van der Waals surface area contributed by atoms with E-state index in [2.05, 4.69) is 9.80 Å². The first-order valence-corrected chi connectivity index (χ1v) is 7.90. The first-order valence-electron chi connectivity index (χ1n) is 7.90. The first-order chi connectivity index (χ1) is 8.42. The van der Waals surface area contributed by atoms with Crippen LogP contribution < -0.4 is 0 Å². The highest BCUT2D eigenvalue weighted by Gasteiger charge is 2.46. The second-order valence-electron chi connectivity index (χ2n) is 6.87. The van der Waals surface area contributed by atoms with Crippen molar-refractivity contribution in [3.05, 3.63) is 0 Å². The molecule has 0 saturated carbocycles. The number of piperidine rings is 4. The van der Waals surface area contributed by atoms with Crippen LogP contribution in [0.25, 0.3) is 0 Å². The maximum atomic E-state index is 2.87. The summed E-state index contributed by atoms with van der Waals surface area (Å²) in [7, 11) is 0. The molecule has 0 spiro atoms. The quantitative estimate of drug-likeness (QED) is 0.668. The lowest BCUT2D eigenvalue weighted by Gasteiger charge is -2.57. The van der Waals surface area contributed by atoms with Gasteiger partial charge in [-0.3, -0.25) is 9.80 Å². The zero-order chi connectivity index (χ0) is 11.2. The summed E-state index contributed by atoms with van der Waals surface area (Å²) in [6.07, 6.45) is 10.5. The van der Waals surface area contributed by atoms with Gasteiger partial charge in [-0.2, -0.15) is 0 Å². The predicted octanol–water partition coefficient (Wildman–Crippen LogP) is 2.77. The topological polar surface area (TPSA) is 6.48 Å². The number of hydrogen-bond donors (Lipinski definition) is 0. The second kappa shape index (κ2) is 5.30. The molecule has 0 amide bonds. The number of nitrogens with zero attached hydrogens (tertiary/aromatic N) is 2. The van der Waals surface area contributed by atoms with E-state index < -0.39 is 0 Å². The Morgan fingerprint density at radius 3 is 1.67 bits per heavy atom. The van der Waals surface area contributed by atoms with Crippen LogP contribution in [0, 0.1) is 11.8 Å². The molecular formula is C15H27ClN2. The van der Waals surface area contributed by atoms with Gasteiger partial charge in [0.25, 0.3) is 0 Å². The van der Waals surface area contributed by atoms with E-state index in [4.69, 9.17) is 0 Å². The molecule has 2 nitrogen and oxygen atoms in total. The molecule has 0 N–H and O–H groups in total. The van der Waals surface area contributed by atoms with Crippen LogP contribution in [0.4, 0.5) is 0 Å². The van der Waals surface area contributed by atoms with E-state index in [1.54, 1.807) is 6.42 Å². The second-order valence-corrected chi connectivity index (χ2v) is 6.87. The minimum Gasteiger partial charge on any atom is -0.300 e. The van der Waals surface area contributed by atoms with Crippen molar-refractivity contribution in [2.24, 2.45) is 11.8 Å². The van der Waals surface area contributed by atoms with E-state index in [0.29, 0.717) is 0 Å².